The van der Waals surface area contributed by atoms with Crippen LogP contribution in [0.15, 0.2) is 17.1 Å². The van der Waals surface area contributed by atoms with Crippen molar-refractivity contribution in [3.8, 4) is 6.07 Å². The number of nitrogens with one attached hydrogen (secondary N) is 2. The second-order valence-electron chi connectivity index (χ2n) is 6.35. The molecule has 0 saturated carbocycles. The first kappa shape index (κ1) is 19.8. The smallest absolute Gasteiger partial charge is 0.308 e. The minimum Gasteiger partial charge on any atom is -0.463 e. The van der Waals surface area contributed by atoms with Gasteiger partial charge in [0.05, 0.1) is 23.0 Å². The molecule has 0 aliphatic carbocycles. The first-order chi connectivity index (χ1) is 12.3. The van der Waals surface area contributed by atoms with Crippen LogP contribution >= 0.6 is 0 Å². The Balaban J connectivity index is 2.25. The molecule has 26 heavy (non-hydrogen) atoms. The number of nitrogens with zero attached hydrogens (tertiary/aromatic N) is 2. The molecule has 0 bridgehead atoms. The van der Waals surface area contributed by atoms with Gasteiger partial charge in [-0.05, 0) is 19.1 Å². The third-order valence-corrected chi connectivity index (χ3v) is 4.22. The van der Waals surface area contributed by atoms with Crippen LogP contribution < -0.4 is 0 Å². The summed E-state index contributed by atoms with van der Waals surface area (Å²) in [6.45, 7) is 4.73. The predicted octanol–water partition coefficient (Wildman–Crippen LogP) is 0.469. The molecule has 1 aromatic rings. The molecule has 1 aromatic heterocycles. The monoisotopic (exact) mass is 362 g/mol. The first-order valence-electron chi connectivity index (χ1n) is 8.11. The lowest BCUT2D eigenvalue weighted by atomic mass is 9.93. The number of aromatic nitrogens is 1. The van der Waals surface area contributed by atoms with Crippen molar-refractivity contribution in [2.75, 3.05) is 6.61 Å². The molecular weight excluding hydrogens is 340 g/mol. The Morgan fingerprint density at radius 2 is 2.27 bits per heavy atom. The summed E-state index contributed by atoms with van der Waals surface area (Å²) in [5, 5.41) is 37.3. The zero-order valence-corrected chi connectivity index (χ0v) is 14.8. The van der Waals surface area contributed by atoms with Crippen LogP contribution in [-0.2, 0) is 19.9 Å². The number of hydrogen-bond acceptors (Lipinski definition) is 7. The third-order valence-electron chi connectivity index (χ3n) is 4.22. The van der Waals surface area contributed by atoms with E-state index in [4.69, 9.17) is 14.9 Å². The van der Waals surface area contributed by atoms with Crippen LogP contribution in [0.5, 0.6) is 0 Å². The summed E-state index contributed by atoms with van der Waals surface area (Å²) in [6, 6.07) is 5.08. The fraction of sp³-hybridized carbons (Fsp3) is 0.529. The number of hydrogen-bond donors (Lipinski definition) is 4. The standard InChI is InChI=1S/C17H22N4O5/c1-9(2)16(24)25-6-12-14(22)15(23)17(7-18,26-12)13-5-4-11(21-13)10(3)20-8-19/h4-5,8-9,12,14-15,19,21-23H,6H2,1-3H3/t12?,14-,15-,17+/m1/s1. The molecule has 2 rings (SSSR count). The van der Waals surface area contributed by atoms with Crippen molar-refractivity contribution in [3.63, 3.8) is 0 Å². The van der Waals surface area contributed by atoms with Crippen molar-refractivity contribution in [2.24, 2.45) is 10.9 Å². The van der Waals surface area contributed by atoms with Crippen molar-refractivity contribution in [1.29, 1.82) is 10.7 Å². The summed E-state index contributed by atoms with van der Waals surface area (Å²) in [5.41, 5.74) is -0.552. The number of H-pyrrole nitrogens is 1. The number of esters is 1. The molecule has 2 heterocycles. The fourth-order valence-electron chi connectivity index (χ4n) is 2.65. The number of aliphatic imine (C=N–C) groups is 1. The number of aliphatic hydroxyl groups is 2. The van der Waals surface area contributed by atoms with Gasteiger partial charge in [-0.2, -0.15) is 5.26 Å². The molecule has 0 radical (unpaired) electrons. The summed E-state index contributed by atoms with van der Waals surface area (Å²) in [7, 11) is 0. The van der Waals surface area contributed by atoms with E-state index in [1.54, 1.807) is 32.9 Å². The molecular formula is C17H22N4O5. The summed E-state index contributed by atoms with van der Waals surface area (Å²) < 4.78 is 10.7. The topological polar surface area (TPSA) is 152 Å². The van der Waals surface area contributed by atoms with Crippen LogP contribution in [0.1, 0.15) is 32.2 Å². The summed E-state index contributed by atoms with van der Waals surface area (Å²) in [4.78, 5) is 18.4. The Morgan fingerprint density at radius 1 is 1.58 bits per heavy atom. The molecule has 4 N–H and O–H groups in total. The number of ether oxygens (including phenoxy) is 2. The van der Waals surface area contributed by atoms with Gasteiger partial charge in [0, 0.05) is 0 Å². The molecule has 1 fully saturated rings. The third kappa shape index (κ3) is 3.53. The molecule has 4 atom stereocenters. The van der Waals surface area contributed by atoms with Gasteiger partial charge in [-0.25, -0.2) is 4.99 Å². The van der Waals surface area contributed by atoms with E-state index in [0.29, 0.717) is 11.4 Å². The molecule has 1 aliphatic rings. The Bertz CT molecular complexity index is 751. The molecule has 0 amide bonds. The van der Waals surface area contributed by atoms with Crippen molar-refractivity contribution in [2.45, 2.75) is 44.7 Å². The molecule has 9 heteroatoms. The van der Waals surface area contributed by atoms with Gasteiger partial charge in [0.2, 0.25) is 5.60 Å². The lowest BCUT2D eigenvalue weighted by molar-refractivity contribution is -0.154. The van der Waals surface area contributed by atoms with E-state index in [-0.39, 0.29) is 18.2 Å². The number of rotatable bonds is 6. The van der Waals surface area contributed by atoms with Gasteiger partial charge in [0.25, 0.3) is 0 Å². The van der Waals surface area contributed by atoms with Crippen LogP contribution in [0.2, 0.25) is 0 Å². The Kier molecular flexibility index (Phi) is 5.92. The summed E-state index contributed by atoms with van der Waals surface area (Å²) in [5.74, 6) is -0.813. The Morgan fingerprint density at radius 3 is 2.85 bits per heavy atom. The number of aliphatic hydroxyl groups excluding tert-OH is 2. The number of carbonyl (C=O) groups is 1. The van der Waals surface area contributed by atoms with E-state index in [2.05, 4.69) is 9.98 Å². The fourth-order valence-corrected chi connectivity index (χ4v) is 2.65. The van der Waals surface area contributed by atoms with Crippen LogP contribution in [0.25, 0.3) is 0 Å². The summed E-state index contributed by atoms with van der Waals surface area (Å²) >= 11 is 0. The maximum atomic E-state index is 11.6. The minimum atomic E-state index is -1.84. The largest absolute Gasteiger partial charge is 0.463 e. The van der Waals surface area contributed by atoms with Crippen molar-refractivity contribution in [1.82, 2.24) is 4.98 Å². The predicted molar refractivity (Wildman–Crippen MR) is 91.8 cm³/mol. The SMILES string of the molecule is CC(=NC=N)c1ccc([C@]2(C#N)OC(COC(=O)C(C)C)[C@@H](O)[C@H]2O)[nH]1. The molecule has 0 aromatic carbocycles. The van der Waals surface area contributed by atoms with Crippen molar-refractivity contribution < 1.29 is 24.5 Å². The van der Waals surface area contributed by atoms with Gasteiger partial charge in [-0.1, -0.05) is 13.8 Å². The normalized spacial score (nSPS) is 28.8. The van der Waals surface area contributed by atoms with Gasteiger partial charge >= 0.3 is 5.97 Å². The van der Waals surface area contributed by atoms with Gasteiger partial charge in [-0.15, -0.1) is 0 Å². The molecule has 9 nitrogen and oxygen atoms in total. The molecule has 0 spiro atoms. The minimum absolute atomic E-state index is 0.235. The van der Waals surface area contributed by atoms with Gasteiger partial charge in [0.1, 0.15) is 37.3 Å². The van der Waals surface area contributed by atoms with Gasteiger partial charge < -0.3 is 24.7 Å². The maximum Gasteiger partial charge on any atom is 0.308 e. The van der Waals surface area contributed by atoms with E-state index in [0.717, 1.165) is 6.34 Å². The van der Waals surface area contributed by atoms with Crippen LogP contribution in [0.3, 0.4) is 0 Å². The first-order valence-corrected chi connectivity index (χ1v) is 8.11. The van der Waals surface area contributed by atoms with Gasteiger partial charge in [0.15, 0.2) is 0 Å². The average Bonchev–Trinajstić information content (AvgIpc) is 3.19. The second kappa shape index (κ2) is 7.78. The van der Waals surface area contributed by atoms with Crippen molar-refractivity contribution >= 4 is 18.0 Å². The Hall–Kier alpha value is -2.54. The van der Waals surface area contributed by atoms with E-state index in [1.807, 2.05) is 6.07 Å². The lowest BCUT2D eigenvalue weighted by Gasteiger charge is -2.23. The van der Waals surface area contributed by atoms with E-state index < -0.39 is 29.9 Å². The van der Waals surface area contributed by atoms with E-state index in [1.165, 1.54) is 0 Å². The number of nitriles is 1. The van der Waals surface area contributed by atoms with Crippen LogP contribution in [-0.4, -0.2) is 58.1 Å². The zero-order chi connectivity index (χ0) is 19.5. The Labute approximate surface area is 150 Å². The molecule has 140 valence electrons. The highest BCUT2D eigenvalue weighted by Crippen LogP contribution is 2.39. The van der Waals surface area contributed by atoms with Crippen LogP contribution in [0, 0.1) is 22.7 Å². The molecule has 1 aliphatic heterocycles. The lowest BCUT2D eigenvalue weighted by Crippen LogP contribution is -2.40. The highest BCUT2D eigenvalue weighted by atomic mass is 16.6. The molecule has 1 unspecified atom stereocenters. The van der Waals surface area contributed by atoms with E-state index >= 15 is 0 Å². The average molecular weight is 362 g/mol. The quantitative estimate of drug-likeness (QED) is 0.328. The molecule has 1 saturated heterocycles. The van der Waals surface area contributed by atoms with Crippen LogP contribution in [0.4, 0.5) is 0 Å². The number of carbonyl (C=O) groups excluding carboxylic acids is 1. The number of aromatic amines is 1. The second-order valence-corrected chi connectivity index (χ2v) is 6.35. The maximum absolute atomic E-state index is 11.6. The summed E-state index contributed by atoms with van der Waals surface area (Å²) in [6.07, 6.45) is -3.10. The van der Waals surface area contributed by atoms with Gasteiger partial charge in [-0.3, -0.25) is 10.2 Å². The van der Waals surface area contributed by atoms with E-state index in [9.17, 15) is 20.3 Å². The zero-order valence-electron chi connectivity index (χ0n) is 14.8. The van der Waals surface area contributed by atoms with Crippen molar-refractivity contribution in [3.05, 3.63) is 23.5 Å². The highest BCUT2D eigenvalue weighted by molar-refractivity contribution is 6.00. The highest BCUT2D eigenvalue weighted by Gasteiger charge is 2.57.